The predicted molar refractivity (Wildman–Crippen MR) is 178 cm³/mol. The Balaban J connectivity index is 1.42. The van der Waals surface area contributed by atoms with Crippen molar-refractivity contribution in [1.29, 1.82) is 0 Å². The number of morpholine rings is 1. The van der Waals surface area contributed by atoms with Gasteiger partial charge in [0, 0.05) is 18.7 Å². The van der Waals surface area contributed by atoms with Crippen molar-refractivity contribution < 1.29 is 28.5 Å². The molecule has 1 aromatic heterocycles. The zero-order valence-electron chi connectivity index (χ0n) is 26.2. The highest BCUT2D eigenvalue weighted by molar-refractivity contribution is 7.07. The number of aromatic nitrogens is 1. The summed E-state index contributed by atoms with van der Waals surface area (Å²) in [5.41, 5.74) is 2.70. The number of rotatable bonds is 10. The van der Waals surface area contributed by atoms with Crippen LogP contribution in [0.3, 0.4) is 0 Å². The van der Waals surface area contributed by atoms with Crippen molar-refractivity contribution in [3.8, 4) is 11.5 Å². The smallest absolute Gasteiger partial charge is 0.338 e. The fraction of sp³-hybridized carbons (Fsp3) is 0.278. The van der Waals surface area contributed by atoms with Gasteiger partial charge < -0.3 is 23.8 Å². The Bertz CT molecular complexity index is 1960. The van der Waals surface area contributed by atoms with Crippen LogP contribution in [0.5, 0.6) is 11.5 Å². The third-order valence-corrected chi connectivity index (χ3v) is 8.75. The number of hydrogen-bond acceptors (Lipinski definition) is 9. The molecule has 3 aromatic carbocycles. The van der Waals surface area contributed by atoms with E-state index >= 15 is 0 Å². The van der Waals surface area contributed by atoms with Crippen molar-refractivity contribution in [2.75, 3.05) is 46.1 Å². The maximum absolute atomic E-state index is 14.2. The summed E-state index contributed by atoms with van der Waals surface area (Å²) in [6.45, 7) is 6.16. The van der Waals surface area contributed by atoms with Crippen LogP contribution in [0.15, 0.2) is 94.2 Å². The molecule has 1 fully saturated rings. The van der Waals surface area contributed by atoms with E-state index in [2.05, 4.69) is 0 Å². The van der Waals surface area contributed by atoms with Crippen LogP contribution in [-0.2, 0) is 19.1 Å². The molecule has 11 heteroatoms. The fourth-order valence-corrected chi connectivity index (χ4v) is 6.59. The topological polar surface area (TPSA) is 109 Å². The zero-order chi connectivity index (χ0) is 32.8. The zero-order valence-corrected chi connectivity index (χ0v) is 27.0. The van der Waals surface area contributed by atoms with Gasteiger partial charge in [-0.2, -0.15) is 0 Å². The molecule has 242 valence electrons. The van der Waals surface area contributed by atoms with Gasteiger partial charge >= 0.3 is 5.97 Å². The van der Waals surface area contributed by atoms with Crippen molar-refractivity contribution >= 4 is 35.0 Å². The van der Waals surface area contributed by atoms with Gasteiger partial charge in [-0.25, -0.2) is 9.79 Å². The lowest BCUT2D eigenvalue weighted by Gasteiger charge is -2.26. The number of esters is 1. The molecule has 47 heavy (non-hydrogen) atoms. The summed E-state index contributed by atoms with van der Waals surface area (Å²) < 4.78 is 24.6. The van der Waals surface area contributed by atoms with Crippen LogP contribution >= 0.6 is 11.3 Å². The number of amides is 1. The number of carbonyl (C=O) groups excluding carboxylic acids is 2. The number of hydrogen-bond donors (Lipinski definition) is 0. The molecule has 4 aromatic rings. The largest absolute Gasteiger partial charge is 0.490 e. The quantitative estimate of drug-likeness (QED) is 0.241. The summed E-state index contributed by atoms with van der Waals surface area (Å²) in [7, 11) is 0. The van der Waals surface area contributed by atoms with E-state index in [1.54, 1.807) is 34.6 Å². The van der Waals surface area contributed by atoms with E-state index in [1.165, 1.54) is 11.3 Å². The minimum absolute atomic E-state index is 0.119. The van der Waals surface area contributed by atoms with E-state index in [4.69, 9.17) is 23.9 Å². The maximum Gasteiger partial charge on any atom is 0.338 e. The number of thiazole rings is 1. The fourth-order valence-electron chi connectivity index (χ4n) is 5.59. The van der Waals surface area contributed by atoms with Gasteiger partial charge in [0.05, 0.1) is 48.3 Å². The molecule has 10 nitrogen and oxygen atoms in total. The van der Waals surface area contributed by atoms with Crippen LogP contribution < -0.4 is 24.4 Å². The highest BCUT2D eigenvalue weighted by Crippen LogP contribution is 2.35. The van der Waals surface area contributed by atoms with Crippen molar-refractivity contribution in [2.24, 2.45) is 4.99 Å². The molecule has 2 aliphatic rings. The summed E-state index contributed by atoms with van der Waals surface area (Å²) in [6, 6.07) is 23.5. The van der Waals surface area contributed by atoms with Crippen LogP contribution in [0.4, 0.5) is 0 Å². The molecule has 0 spiro atoms. The first kappa shape index (κ1) is 32.0. The third kappa shape index (κ3) is 6.91. The number of nitrogens with zero attached hydrogens (tertiary/aromatic N) is 3. The van der Waals surface area contributed by atoms with Gasteiger partial charge in [-0.05, 0) is 43.2 Å². The SMILES string of the molecule is CCOC(=O)C1=C(c2ccccc2)N=c2s/c(=C/c3ccc(OCC(=O)N4CCOCC4)c(OCC)c3)c(=O)n2[C@H]1c1ccccc1. The summed E-state index contributed by atoms with van der Waals surface area (Å²) in [5, 5.41) is 0. The average molecular weight is 654 g/mol. The van der Waals surface area contributed by atoms with Gasteiger partial charge in [-0.1, -0.05) is 78.1 Å². The van der Waals surface area contributed by atoms with E-state index in [9.17, 15) is 14.4 Å². The Morgan fingerprint density at radius 2 is 1.66 bits per heavy atom. The number of ether oxygens (including phenoxy) is 4. The number of carbonyl (C=O) groups is 2. The maximum atomic E-state index is 14.2. The minimum atomic E-state index is -0.748. The third-order valence-electron chi connectivity index (χ3n) is 7.77. The Labute approximate surface area is 275 Å². The second kappa shape index (κ2) is 14.6. The first-order valence-corrected chi connectivity index (χ1v) is 16.4. The Kier molecular flexibility index (Phi) is 9.94. The Morgan fingerprint density at radius 1 is 0.936 bits per heavy atom. The van der Waals surface area contributed by atoms with E-state index in [-0.39, 0.29) is 24.7 Å². The van der Waals surface area contributed by atoms with Crippen LogP contribution in [0, 0.1) is 0 Å². The minimum Gasteiger partial charge on any atom is -0.490 e. The lowest BCUT2D eigenvalue weighted by molar-refractivity contribution is -0.139. The van der Waals surface area contributed by atoms with Crippen LogP contribution in [0.1, 0.15) is 36.6 Å². The molecule has 1 atom stereocenters. The monoisotopic (exact) mass is 653 g/mol. The summed E-state index contributed by atoms with van der Waals surface area (Å²) in [6.07, 6.45) is 1.77. The highest BCUT2D eigenvalue weighted by atomic mass is 32.1. The molecule has 0 radical (unpaired) electrons. The lowest BCUT2D eigenvalue weighted by atomic mass is 9.93. The second-order valence-electron chi connectivity index (χ2n) is 10.8. The van der Waals surface area contributed by atoms with Gasteiger partial charge in [0.25, 0.3) is 11.5 Å². The second-order valence-corrected chi connectivity index (χ2v) is 11.8. The lowest BCUT2D eigenvalue weighted by Crippen LogP contribution is -2.43. The van der Waals surface area contributed by atoms with Gasteiger partial charge in [0.2, 0.25) is 0 Å². The van der Waals surface area contributed by atoms with E-state index < -0.39 is 12.0 Å². The number of benzene rings is 3. The van der Waals surface area contributed by atoms with Crippen molar-refractivity contribution in [3.63, 3.8) is 0 Å². The molecule has 0 N–H and O–H groups in total. The van der Waals surface area contributed by atoms with E-state index in [0.29, 0.717) is 70.6 Å². The van der Waals surface area contributed by atoms with Crippen molar-refractivity contribution in [2.45, 2.75) is 19.9 Å². The standard InChI is InChI=1S/C36H35N3O7S/c1-3-44-28-21-24(15-16-27(28)46-23-30(40)38-17-19-43-20-18-38)22-29-34(41)39-33(26-13-9-6-10-14-26)31(35(42)45-4-2)32(37-36(39)47-29)25-11-7-5-8-12-25/h5-16,21-22,33H,3-4,17-20,23H2,1-2H3/b29-22+/t33-/m0/s1. The molecule has 0 aliphatic carbocycles. The first-order chi connectivity index (χ1) is 23.0. The first-order valence-electron chi connectivity index (χ1n) is 15.6. The number of fused-ring (bicyclic) bond motifs is 1. The average Bonchev–Trinajstić information content (AvgIpc) is 3.42. The van der Waals surface area contributed by atoms with Crippen LogP contribution in [0.2, 0.25) is 0 Å². The van der Waals surface area contributed by atoms with Crippen molar-refractivity contribution in [3.05, 3.63) is 121 Å². The molecule has 0 bridgehead atoms. The summed E-state index contributed by atoms with van der Waals surface area (Å²) in [4.78, 5) is 47.5. The Morgan fingerprint density at radius 3 is 2.36 bits per heavy atom. The molecule has 1 saturated heterocycles. The molecule has 6 rings (SSSR count). The summed E-state index contributed by atoms with van der Waals surface area (Å²) in [5.74, 6) is 0.248. The van der Waals surface area contributed by atoms with E-state index in [1.807, 2.05) is 73.7 Å². The van der Waals surface area contributed by atoms with Gasteiger partial charge in [-0.3, -0.25) is 14.2 Å². The van der Waals surface area contributed by atoms with Crippen LogP contribution in [0.25, 0.3) is 11.8 Å². The van der Waals surface area contributed by atoms with E-state index in [0.717, 1.165) is 11.1 Å². The van der Waals surface area contributed by atoms with Gasteiger partial charge in [-0.15, -0.1) is 0 Å². The van der Waals surface area contributed by atoms with Gasteiger partial charge in [0.1, 0.15) is 0 Å². The molecular weight excluding hydrogens is 618 g/mol. The van der Waals surface area contributed by atoms with Crippen molar-refractivity contribution in [1.82, 2.24) is 9.47 Å². The molecule has 2 aliphatic heterocycles. The molecule has 0 saturated carbocycles. The normalized spacial score (nSPS) is 16.3. The molecular formula is C36H35N3O7S. The Hall–Kier alpha value is -5.00. The summed E-state index contributed by atoms with van der Waals surface area (Å²) >= 11 is 1.24. The molecule has 0 unspecified atom stereocenters. The highest BCUT2D eigenvalue weighted by Gasteiger charge is 2.35. The van der Waals surface area contributed by atoms with Gasteiger partial charge in [0.15, 0.2) is 22.9 Å². The molecule has 3 heterocycles. The van der Waals surface area contributed by atoms with Crippen LogP contribution in [-0.4, -0.2) is 67.5 Å². The molecule has 1 amide bonds. The predicted octanol–water partition coefficient (Wildman–Crippen LogP) is 3.57.